The first-order valence-electron chi connectivity index (χ1n) is 21.5. The first-order valence-corrected chi connectivity index (χ1v) is 21.5. The monoisotopic (exact) mass is 848 g/mol. The minimum Gasteiger partial charge on any atom is -0.453 e. The van der Waals surface area contributed by atoms with Crippen molar-refractivity contribution in [1.29, 1.82) is 0 Å². The number of aromatic nitrogens is 7. The van der Waals surface area contributed by atoms with E-state index in [-0.39, 0.29) is 35.6 Å². The standard InChI is InChI=1S/C47H48N10O6/c1-24(2)41(55-47(61)63-4)45(59)57-16-5-6-38(57)44-51-32-13-10-28(20-36(32)53-44)37-22-48-34-18-26(8-11-30(34)49-37)27-9-12-31-35(19-27)52-43(50-31)29-21-39(58)40-33(54-46(60)62-3)14-7-25-15-17-56(23-29)42(25)40/h8-13,15,17-20,22,24,29,33,38,40-41H,5-7,14,16,21,23H2,1-4H3,(H,50,52)(H,51,53)(H,54,60)(H,55,61)/t29-,33-,38-,40?,41-/m0/s1. The van der Waals surface area contributed by atoms with E-state index in [1.54, 1.807) is 11.1 Å². The van der Waals surface area contributed by atoms with Crippen molar-refractivity contribution in [3.05, 3.63) is 96.0 Å². The Morgan fingerprint density at radius 3 is 2.27 bits per heavy atom. The van der Waals surface area contributed by atoms with Crippen LogP contribution in [0.15, 0.2) is 73.1 Å². The Morgan fingerprint density at radius 2 is 1.51 bits per heavy atom. The van der Waals surface area contributed by atoms with Crippen LogP contribution in [0.5, 0.6) is 0 Å². The summed E-state index contributed by atoms with van der Waals surface area (Å²) in [6.07, 6.45) is 6.03. The first kappa shape index (κ1) is 40.0. The average Bonchev–Trinajstić information content (AvgIpc) is 4.11. The number of aryl methyl sites for hydroxylation is 1. The second-order valence-corrected chi connectivity index (χ2v) is 17.2. The quantitative estimate of drug-likeness (QED) is 0.123. The zero-order chi connectivity index (χ0) is 43.5. The molecule has 1 aliphatic carbocycles. The number of alkyl carbamates (subject to hydrolysis) is 2. The molecule has 63 heavy (non-hydrogen) atoms. The van der Waals surface area contributed by atoms with Gasteiger partial charge in [0.25, 0.3) is 0 Å². The van der Waals surface area contributed by atoms with Crippen LogP contribution < -0.4 is 10.6 Å². The molecule has 1 saturated heterocycles. The molecule has 10 rings (SSSR count). The van der Waals surface area contributed by atoms with Gasteiger partial charge in [-0.1, -0.05) is 32.0 Å². The predicted molar refractivity (Wildman–Crippen MR) is 235 cm³/mol. The molecule has 6 heterocycles. The number of H-pyrrole nitrogens is 2. The van der Waals surface area contributed by atoms with Gasteiger partial charge in [0.05, 0.1) is 71.2 Å². The lowest BCUT2D eigenvalue weighted by atomic mass is 9.79. The average molecular weight is 849 g/mol. The minimum atomic E-state index is -0.707. The number of hydrogen-bond donors (Lipinski definition) is 4. The third-order valence-corrected chi connectivity index (χ3v) is 13.0. The van der Waals surface area contributed by atoms with Gasteiger partial charge in [-0.3, -0.25) is 14.6 Å². The summed E-state index contributed by atoms with van der Waals surface area (Å²) in [6, 6.07) is 18.9. The van der Waals surface area contributed by atoms with Crippen molar-refractivity contribution in [2.45, 2.75) is 82.5 Å². The van der Waals surface area contributed by atoms with E-state index >= 15 is 0 Å². The van der Waals surface area contributed by atoms with Crippen LogP contribution in [0.2, 0.25) is 0 Å². The molecule has 0 spiro atoms. The molecule has 2 aliphatic heterocycles. The molecule has 16 heteroatoms. The fraction of sp³-hybridized carbons (Fsp3) is 0.362. The maximum atomic E-state index is 13.9. The second kappa shape index (κ2) is 16.0. The van der Waals surface area contributed by atoms with E-state index in [4.69, 9.17) is 29.4 Å². The van der Waals surface area contributed by atoms with Gasteiger partial charge in [-0.15, -0.1) is 0 Å². The van der Waals surface area contributed by atoms with E-state index in [1.807, 2.05) is 62.4 Å². The number of methoxy groups -OCH3 is 2. The molecule has 3 amide bonds. The Kier molecular flexibility index (Phi) is 10.1. The Balaban J connectivity index is 0.865. The lowest BCUT2D eigenvalue weighted by molar-refractivity contribution is -0.135. The van der Waals surface area contributed by atoms with Crippen LogP contribution in [0.1, 0.15) is 80.3 Å². The number of hydrogen-bond acceptors (Lipinski definition) is 10. The summed E-state index contributed by atoms with van der Waals surface area (Å²) in [4.78, 5) is 80.3. The number of aromatic amines is 2. The van der Waals surface area contributed by atoms with Gasteiger partial charge >= 0.3 is 12.2 Å². The third-order valence-electron chi connectivity index (χ3n) is 13.0. The number of Topliss-reactive ketones (excluding diaryl/α,β-unsaturated/α-hetero) is 1. The van der Waals surface area contributed by atoms with E-state index in [0.717, 1.165) is 91.8 Å². The number of imidazole rings is 2. The number of carbonyl (C=O) groups is 4. The molecule has 3 aliphatic rings. The largest absolute Gasteiger partial charge is 0.453 e. The van der Waals surface area contributed by atoms with Crippen LogP contribution in [-0.4, -0.2) is 96.1 Å². The zero-order valence-corrected chi connectivity index (χ0v) is 35.5. The van der Waals surface area contributed by atoms with Gasteiger partial charge in [0.2, 0.25) is 5.91 Å². The molecule has 0 bridgehead atoms. The van der Waals surface area contributed by atoms with Crippen molar-refractivity contribution in [1.82, 2.24) is 50.0 Å². The van der Waals surface area contributed by atoms with Gasteiger partial charge in [0.1, 0.15) is 23.5 Å². The van der Waals surface area contributed by atoms with Gasteiger partial charge in [0.15, 0.2) is 0 Å². The maximum absolute atomic E-state index is 13.9. The smallest absolute Gasteiger partial charge is 0.407 e. The summed E-state index contributed by atoms with van der Waals surface area (Å²) in [6.45, 7) is 4.98. The normalized spacial score (nSPS) is 20.2. The molecule has 16 nitrogen and oxygen atoms in total. The molecule has 322 valence electrons. The summed E-state index contributed by atoms with van der Waals surface area (Å²) in [5.74, 6) is 0.688. The van der Waals surface area contributed by atoms with E-state index in [0.29, 0.717) is 31.8 Å². The molecule has 5 atom stereocenters. The number of ketones is 1. The Labute approximate surface area is 362 Å². The van der Waals surface area contributed by atoms with E-state index in [9.17, 15) is 19.2 Å². The number of fused-ring (bicyclic) bond motifs is 3. The summed E-state index contributed by atoms with van der Waals surface area (Å²) in [5.41, 5.74) is 10.5. The molecule has 1 fully saturated rings. The van der Waals surface area contributed by atoms with Gasteiger partial charge in [-0.2, -0.15) is 0 Å². The Morgan fingerprint density at radius 1 is 0.810 bits per heavy atom. The number of likely N-dealkylation sites (tertiary alicyclic amines) is 1. The number of benzene rings is 3. The highest BCUT2D eigenvalue weighted by molar-refractivity contribution is 5.90. The number of rotatable bonds is 8. The second-order valence-electron chi connectivity index (χ2n) is 17.2. The van der Waals surface area contributed by atoms with Gasteiger partial charge in [0, 0.05) is 48.9 Å². The summed E-state index contributed by atoms with van der Waals surface area (Å²) >= 11 is 0. The summed E-state index contributed by atoms with van der Waals surface area (Å²) in [5, 5.41) is 5.62. The Hall–Kier alpha value is -7.10. The van der Waals surface area contributed by atoms with E-state index in [1.165, 1.54) is 14.2 Å². The van der Waals surface area contributed by atoms with Gasteiger partial charge < -0.3 is 39.5 Å². The SMILES string of the molecule is COC(=O)N[C@H]1CCc2ccn3c2C1C(=O)C[C@H](c1nc2ccc(-c4ccc5nc(-c6ccc7nc([C@@H]8CCCN8C(=O)[C@@H](NC(=O)OC)C(C)C)[nH]c7c6)cnc5c4)cc2[nH]1)C3. The van der Waals surface area contributed by atoms with Crippen LogP contribution in [-0.2, 0) is 32.0 Å². The minimum absolute atomic E-state index is 0.0891. The molecule has 0 saturated carbocycles. The molecule has 3 aromatic carbocycles. The predicted octanol–water partition coefficient (Wildman–Crippen LogP) is 7.07. The van der Waals surface area contributed by atoms with E-state index < -0.39 is 24.1 Å². The van der Waals surface area contributed by atoms with Gasteiger partial charge in [-0.05, 0) is 90.8 Å². The molecule has 4 aromatic heterocycles. The van der Waals surface area contributed by atoms with Gasteiger partial charge in [-0.25, -0.2) is 24.5 Å². The van der Waals surface area contributed by atoms with Crippen LogP contribution in [0.25, 0.3) is 55.5 Å². The number of carbonyl (C=O) groups excluding carboxylic acids is 4. The molecule has 4 N–H and O–H groups in total. The molecule has 1 unspecified atom stereocenters. The lowest BCUT2D eigenvalue weighted by Crippen LogP contribution is -2.51. The number of nitrogens with zero attached hydrogens (tertiary/aromatic N) is 6. The fourth-order valence-corrected chi connectivity index (χ4v) is 9.82. The lowest BCUT2D eigenvalue weighted by Gasteiger charge is -2.31. The van der Waals surface area contributed by atoms with Crippen LogP contribution >= 0.6 is 0 Å². The topological polar surface area (TPSA) is 202 Å². The van der Waals surface area contributed by atoms with Crippen molar-refractivity contribution < 1.29 is 28.7 Å². The zero-order valence-electron chi connectivity index (χ0n) is 35.5. The molecule has 0 radical (unpaired) electrons. The Bertz CT molecular complexity index is 2950. The van der Waals surface area contributed by atoms with Crippen LogP contribution in [0, 0.1) is 5.92 Å². The summed E-state index contributed by atoms with van der Waals surface area (Å²) < 4.78 is 11.8. The highest BCUT2D eigenvalue weighted by Gasteiger charge is 2.42. The van der Waals surface area contributed by atoms with Crippen LogP contribution in [0.4, 0.5) is 9.59 Å². The van der Waals surface area contributed by atoms with Crippen molar-refractivity contribution in [3.63, 3.8) is 0 Å². The van der Waals surface area contributed by atoms with Crippen LogP contribution in [0.3, 0.4) is 0 Å². The third kappa shape index (κ3) is 7.32. The maximum Gasteiger partial charge on any atom is 0.407 e. The highest BCUT2D eigenvalue weighted by atomic mass is 16.5. The first-order chi connectivity index (χ1) is 30.5. The van der Waals surface area contributed by atoms with E-state index in [2.05, 4.69) is 43.5 Å². The fourth-order valence-electron chi connectivity index (χ4n) is 9.82. The molecular formula is C47H48N10O6. The summed E-state index contributed by atoms with van der Waals surface area (Å²) in [7, 11) is 2.63. The number of nitrogens with one attached hydrogen (secondary N) is 4. The molecule has 7 aromatic rings. The number of ether oxygens (including phenoxy) is 2. The van der Waals surface area contributed by atoms with Crippen molar-refractivity contribution >= 4 is 57.0 Å². The number of amides is 3. The van der Waals surface area contributed by atoms with Crippen molar-refractivity contribution in [2.24, 2.45) is 5.92 Å². The molecular weight excluding hydrogens is 801 g/mol. The highest BCUT2D eigenvalue weighted by Crippen LogP contribution is 2.41. The van der Waals surface area contributed by atoms with Crippen molar-refractivity contribution in [2.75, 3.05) is 20.8 Å². The van der Waals surface area contributed by atoms with Crippen molar-refractivity contribution in [3.8, 4) is 22.4 Å².